The Labute approximate surface area is 207 Å². The monoisotopic (exact) mass is 471 g/mol. The molecule has 0 N–H and O–H groups in total. The van der Waals surface area contributed by atoms with Crippen LogP contribution in [0.2, 0.25) is 5.02 Å². The number of hydrogen-bond donors (Lipinski definition) is 0. The molecule has 0 spiro atoms. The summed E-state index contributed by atoms with van der Waals surface area (Å²) in [6, 6.07) is 39.6. The Kier molecular flexibility index (Phi) is 5.15. The fraction of sp³-hybridized carbons (Fsp3) is 0. The standard InChI is InChI=1S/C31H18ClNS/c32-23-17-27(20-8-2-1-3-9-20)29(19-33)28(18-23)22-11-6-10-21(16-22)24-13-7-14-26-25-12-4-5-15-30(25)34-31(24)26/h1-18H. The average Bonchev–Trinajstić information content (AvgIpc) is 3.28. The van der Waals surface area contributed by atoms with Crippen molar-refractivity contribution >= 4 is 43.1 Å². The van der Waals surface area contributed by atoms with E-state index in [1.165, 1.54) is 25.7 Å². The fourth-order valence-corrected chi connectivity index (χ4v) is 6.09. The first-order valence-corrected chi connectivity index (χ1v) is 12.2. The van der Waals surface area contributed by atoms with Crippen molar-refractivity contribution in [2.45, 2.75) is 0 Å². The van der Waals surface area contributed by atoms with Gasteiger partial charge in [0.25, 0.3) is 0 Å². The summed E-state index contributed by atoms with van der Waals surface area (Å²) in [6.07, 6.45) is 0. The molecule has 0 radical (unpaired) electrons. The van der Waals surface area contributed by atoms with Gasteiger partial charge in [-0.3, -0.25) is 0 Å². The van der Waals surface area contributed by atoms with E-state index in [9.17, 15) is 5.26 Å². The van der Waals surface area contributed by atoms with Crippen LogP contribution in [0.25, 0.3) is 53.6 Å². The molecule has 0 saturated heterocycles. The van der Waals surface area contributed by atoms with E-state index in [1.54, 1.807) is 0 Å². The van der Waals surface area contributed by atoms with Crippen molar-refractivity contribution in [3.05, 3.63) is 120 Å². The molecule has 6 aromatic rings. The zero-order valence-electron chi connectivity index (χ0n) is 18.1. The third kappa shape index (κ3) is 3.47. The summed E-state index contributed by atoms with van der Waals surface area (Å²) >= 11 is 8.37. The minimum atomic E-state index is 0.616. The summed E-state index contributed by atoms with van der Waals surface area (Å²) < 4.78 is 2.56. The van der Waals surface area contributed by atoms with Crippen LogP contribution in [0, 0.1) is 11.3 Å². The zero-order valence-corrected chi connectivity index (χ0v) is 19.7. The molecular formula is C31H18ClNS. The van der Waals surface area contributed by atoms with Crippen molar-refractivity contribution < 1.29 is 0 Å². The van der Waals surface area contributed by atoms with Crippen molar-refractivity contribution in [1.29, 1.82) is 5.26 Å². The number of halogens is 1. The highest BCUT2D eigenvalue weighted by Crippen LogP contribution is 2.41. The summed E-state index contributed by atoms with van der Waals surface area (Å²) in [5, 5.41) is 13.3. The van der Waals surface area contributed by atoms with E-state index < -0.39 is 0 Å². The van der Waals surface area contributed by atoms with Gasteiger partial charge in [-0.05, 0) is 46.5 Å². The lowest BCUT2D eigenvalue weighted by atomic mass is 9.91. The molecule has 6 rings (SSSR count). The molecule has 5 aromatic carbocycles. The van der Waals surface area contributed by atoms with E-state index in [-0.39, 0.29) is 0 Å². The summed E-state index contributed by atoms with van der Waals surface area (Å²) in [5.41, 5.74) is 6.61. The molecule has 3 heteroatoms. The molecule has 160 valence electrons. The van der Waals surface area contributed by atoms with Gasteiger partial charge in [0, 0.05) is 36.3 Å². The number of hydrogen-bond acceptors (Lipinski definition) is 2. The van der Waals surface area contributed by atoms with Crippen molar-refractivity contribution in [2.24, 2.45) is 0 Å². The van der Waals surface area contributed by atoms with Crippen LogP contribution in [-0.2, 0) is 0 Å². The molecule has 1 heterocycles. The normalized spacial score (nSPS) is 11.1. The second-order valence-electron chi connectivity index (χ2n) is 8.22. The van der Waals surface area contributed by atoms with Crippen molar-refractivity contribution in [1.82, 2.24) is 0 Å². The first-order valence-electron chi connectivity index (χ1n) is 11.0. The third-order valence-electron chi connectivity index (χ3n) is 6.19. The molecule has 0 saturated carbocycles. The number of rotatable bonds is 3. The molecule has 0 aliphatic heterocycles. The summed E-state index contributed by atoms with van der Waals surface area (Å²) in [7, 11) is 0. The number of benzene rings is 5. The van der Waals surface area contributed by atoms with Crippen LogP contribution in [0.15, 0.2) is 109 Å². The van der Waals surface area contributed by atoms with E-state index in [0.717, 1.165) is 27.8 Å². The molecule has 0 unspecified atom stereocenters. The maximum absolute atomic E-state index is 10.1. The minimum Gasteiger partial charge on any atom is -0.192 e. The van der Waals surface area contributed by atoms with E-state index in [0.29, 0.717) is 10.6 Å². The third-order valence-corrected chi connectivity index (χ3v) is 7.63. The maximum atomic E-state index is 10.1. The molecule has 0 amide bonds. The number of nitriles is 1. The molecule has 0 bridgehead atoms. The minimum absolute atomic E-state index is 0.616. The van der Waals surface area contributed by atoms with Crippen LogP contribution in [0.4, 0.5) is 0 Å². The number of nitrogens with zero attached hydrogens (tertiary/aromatic N) is 1. The van der Waals surface area contributed by atoms with Crippen molar-refractivity contribution in [3.8, 4) is 39.4 Å². The van der Waals surface area contributed by atoms with Gasteiger partial charge in [-0.2, -0.15) is 5.26 Å². The lowest BCUT2D eigenvalue weighted by molar-refractivity contribution is 1.47. The summed E-state index contributed by atoms with van der Waals surface area (Å²) in [4.78, 5) is 0. The van der Waals surface area contributed by atoms with Crippen molar-refractivity contribution in [2.75, 3.05) is 0 Å². The van der Waals surface area contributed by atoms with E-state index in [4.69, 9.17) is 11.6 Å². The summed E-state index contributed by atoms with van der Waals surface area (Å²) in [5.74, 6) is 0. The van der Waals surface area contributed by atoms with Crippen LogP contribution in [0.1, 0.15) is 5.56 Å². The number of thiophene rings is 1. The quantitative estimate of drug-likeness (QED) is 0.252. The molecular weight excluding hydrogens is 454 g/mol. The van der Waals surface area contributed by atoms with Crippen LogP contribution in [0.3, 0.4) is 0 Å². The lowest BCUT2D eigenvalue weighted by Crippen LogP contribution is -1.91. The fourth-order valence-electron chi connectivity index (χ4n) is 4.63. The molecule has 1 nitrogen and oxygen atoms in total. The van der Waals surface area contributed by atoms with Crippen LogP contribution < -0.4 is 0 Å². The van der Waals surface area contributed by atoms with Gasteiger partial charge in [0.05, 0.1) is 5.56 Å². The van der Waals surface area contributed by atoms with E-state index in [1.807, 2.05) is 53.8 Å². The maximum Gasteiger partial charge on any atom is 0.100 e. The smallest absolute Gasteiger partial charge is 0.100 e. The lowest BCUT2D eigenvalue weighted by Gasteiger charge is -2.13. The largest absolute Gasteiger partial charge is 0.192 e. The molecule has 0 atom stereocenters. The molecule has 0 aliphatic rings. The predicted octanol–water partition coefficient (Wildman–Crippen LogP) is 9.58. The molecule has 0 aliphatic carbocycles. The molecule has 34 heavy (non-hydrogen) atoms. The summed E-state index contributed by atoms with van der Waals surface area (Å²) in [6.45, 7) is 0. The SMILES string of the molecule is N#Cc1c(-c2ccccc2)cc(Cl)cc1-c1cccc(-c2cccc3c2sc2ccccc23)c1. The average molecular weight is 472 g/mol. The Morgan fingerprint density at radius 1 is 0.588 bits per heavy atom. The van der Waals surface area contributed by atoms with Crippen LogP contribution >= 0.6 is 22.9 Å². The van der Waals surface area contributed by atoms with Gasteiger partial charge in [0.15, 0.2) is 0 Å². The van der Waals surface area contributed by atoms with Gasteiger partial charge in [-0.25, -0.2) is 0 Å². The van der Waals surface area contributed by atoms with Crippen LogP contribution in [0.5, 0.6) is 0 Å². The Hall–Kier alpha value is -3.90. The van der Waals surface area contributed by atoms with Gasteiger partial charge in [0.1, 0.15) is 6.07 Å². The highest BCUT2D eigenvalue weighted by atomic mass is 35.5. The van der Waals surface area contributed by atoms with Gasteiger partial charge in [0.2, 0.25) is 0 Å². The Bertz CT molecular complexity index is 1720. The number of fused-ring (bicyclic) bond motifs is 3. The predicted molar refractivity (Wildman–Crippen MR) is 145 cm³/mol. The first-order chi connectivity index (χ1) is 16.7. The highest BCUT2D eigenvalue weighted by Gasteiger charge is 2.15. The van der Waals surface area contributed by atoms with Crippen molar-refractivity contribution in [3.63, 3.8) is 0 Å². The topological polar surface area (TPSA) is 23.8 Å². The van der Waals surface area contributed by atoms with Gasteiger partial charge in [-0.15, -0.1) is 11.3 Å². The Morgan fingerprint density at radius 2 is 1.21 bits per heavy atom. The van der Waals surface area contributed by atoms with Gasteiger partial charge >= 0.3 is 0 Å². The van der Waals surface area contributed by atoms with E-state index >= 15 is 0 Å². The first kappa shape index (κ1) is 20.7. The molecule has 0 fully saturated rings. The Morgan fingerprint density at radius 3 is 2.00 bits per heavy atom. The zero-order chi connectivity index (χ0) is 23.1. The van der Waals surface area contributed by atoms with Gasteiger partial charge < -0.3 is 0 Å². The van der Waals surface area contributed by atoms with Gasteiger partial charge in [-0.1, -0.05) is 96.5 Å². The Balaban J connectivity index is 1.55. The highest BCUT2D eigenvalue weighted by molar-refractivity contribution is 7.26. The van der Waals surface area contributed by atoms with E-state index in [2.05, 4.69) is 72.8 Å². The second-order valence-corrected chi connectivity index (χ2v) is 9.70. The second kappa shape index (κ2) is 8.47. The molecule has 1 aromatic heterocycles. The van der Waals surface area contributed by atoms with Crippen LogP contribution in [-0.4, -0.2) is 0 Å².